The van der Waals surface area contributed by atoms with Gasteiger partial charge >= 0.3 is 0 Å². The Morgan fingerprint density at radius 1 is 1.10 bits per heavy atom. The van der Waals surface area contributed by atoms with Crippen LogP contribution >= 0.6 is 0 Å². The van der Waals surface area contributed by atoms with Gasteiger partial charge in [0.05, 0.1) is 5.56 Å². The van der Waals surface area contributed by atoms with Crippen LogP contribution in [-0.2, 0) is 6.42 Å². The van der Waals surface area contributed by atoms with Crippen molar-refractivity contribution in [3.05, 3.63) is 59.7 Å². The molecule has 0 heterocycles. The van der Waals surface area contributed by atoms with Crippen LogP contribution in [0.15, 0.2) is 48.5 Å². The first-order valence-electron chi connectivity index (χ1n) is 6.39. The number of hydrogen-bond acceptors (Lipinski definition) is 3. The molecule has 0 aliphatic heterocycles. The molecule has 2 N–H and O–H groups in total. The van der Waals surface area contributed by atoms with Crippen LogP contribution in [0.1, 0.15) is 15.9 Å². The van der Waals surface area contributed by atoms with Crippen molar-refractivity contribution < 1.29 is 15.0 Å². The molecule has 4 heteroatoms. The summed E-state index contributed by atoms with van der Waals surface area (Å²) in [5.41, 5.74) is 1.26. The number of phenolic OH excluding ortho intramolecular Hbond substituents is 2. The van der Waals surface area contributed by atoms with Crippen molar-refractivity contribution in [3.63, 3.8) is 0 Å². The van der Waals surface area contributed by atoms with Crippen LogP contribution in [-0.4, -0.2) is 34.6 Å². The SMILES string of the molecule is CN(CCc1ccccc1)C(=O)c1cc(O)ccc1O. The first-order valence-corrected chi connectivity index (χ1v) is 6.39. The van der Waals surface area contributed by atoms with Crippen LogP contribution in [0.25, 0.3) is 0 Å². The van der Waals surface area contributed by atoms with Gasteiger partial charge < -0.3 is 15.1 Å². The van der Waals surface area contributed by atoms with Crippen molar-refractivity contribution in [2.45, 2.75) is 6.42 Å². The number of carbonyl (C=O) groups is 1. The third kappa shape index (κ3) is 3.29. The number of nitrogens with zero attached hydrogens (tertiary/aromatic N) is 1. The minimum Gasteiger partial charge on any atom is -0.508 e. The monoisotopic (exact) mass is 271 g/mol. The van der Waals surface area contributed by atoms with E-state index in [-0.39, 0.29) is 23.0 Å². The summed E-state index contributed by atoms with van der Waals surface area (Å²) in [4.78, 5) is 13.7. The predicted octanol–water partition coefficient (Wildman–Crippen LogP) is 2.41. The Bertz CT molecular complexity index is 596. The number of benzene rings is 2. The van der Waals surface area contributed by atoms with Gasteiger partial charge in [0.1, 0.15) is 11.5 Å². The molecule has 20 heavy (non-hydrogen) atoms. The first kappa shape index (κ1) is 13.9. The minimum atomic E-state index is -0.311. The van der Waals surface area contributed by atoms with E-state index in [4.69, 9.17) is 0 Å². The predicted molar refractivity (Wildman–Crippen MR) is 76.9 cm³/mol. The summed E-state index contributed by atoms with van der Waals surface area (Å²) in [6.45, 7) is 0.540. The molecular weight excluding hydrogens is 254 g/mol. The quantitative estimate of drug-likeness (QED) is 0.839. The van der Waals surface area contributed by atoms with Gasteiger partial charge in [0.15, 0.2) is 0 Å². The van der Waals surface area contributed by atoms with E-state index < -0.39 is 0 Å². The van der Waals surface area contributed by atoms with Crippen LogP contribution < -0.4 is 0 Å². The standard InChI is InChI=1S/C16H17NO3/c1-17(10-9-12-5-3-2-4-6-12)16(20)14-11-13(18)7-8-15(14)19/h2-8,11,18-19H,9-10H2,1H3. The summed E-state index contributed by atoms with van der Waals surface area (Å²) in [6.07, 6.45) is 0.739. The average molecular weight is 271 g/mol. The number of carbonyl (C=O) groups excluding carboxylic acids is 1. The van der Waals surface area contributed by atoms with E-state index in [0.717, 1.165) is 12.0 Å². The minimum absolute atomic E-state index is 0.0393. The summed E-state index contributed by atoms with van der Waals surface area (Å²) in [5, 5.41) is 19.1. The van der Waals surface area contributed by atoms with Crippen molar-refractivity contribution in [2.24, 2.45) is 0 Å². The third-order valence-corrected chi connectivity index (χ3v) is 3.14. The third-order valence-electron chi connectivity index (χ3n) is 3.14. The first-order chi connectivity index (χ1) is 9.58. The van der Waals surface area contributed by atoms with E-state index in [9.17, 15) is 15.0 Å². The van der Waals surface area contributed by atoms with Crippen LogP contribution in [0.3, 0.4) is 0 Å². The Morgan fingerprint density at radius 2 is 1.80 bits per heavy atom. The van der Waals surface area contributed by atoms with E-state index in [0.29, 0.717) is 6.54 Å². The molecule has 0 unspecified atom stereocenters. The maximum atomic E-state index is 12.2. The molecule has 0 aliphatic carbocycles. The molecule has 2 aromatic carbocycles. The highest BCUT2D eigenvalue weighted by atomic mass is 16.3. The number of hydrogen-bond donors (Lipinski definition) is 2. The Morgan fingerprint density at radius 3 is 2.50 bits per heavy atom. The van der Waals surface area contributed by atoms with Crippen LogP contribution in [0, 0.1) is 0 Å². The fourth-order valence-electron chi connectivity index (χ4n) is 1.94. The Kier molecular flexibility index (Phi) is 4.25. The molecule has 104 valence electrons. The molecule has 0 bridgehead atoms. The fraction of sp³-hybridized carbons (Fsp3) is 0.188. The summed E-state index contributed by atoms with van der Waals surface area (Å²) < 4.78 is 0. The number of rotatable bonds is 4. The number of aromatic hydroxyl groups is 2. The van der Waals surface area contributed by atoms with Crippen molar-refractivity contribution in [1.82, 2.24) is 4.90 Å². The van der Waals surface area contributed by atoms with Gasteiger partial charge in [-0.25, -0.2) is 0 Å². The largest absolute Gasteiger partial charge is 0.508 e. The van der Waals surface area contributed by atoms with E-state index in [2.05, 4.69) is 0 Å². The maximum absolute atomic E-state index is 12.2. The highest BCUT2D eigenvalue weighted by Gasteiger charge is 2.16. The zero-order valence-corrected chi connectivity index (χ0v) is 11.3. The molecule has 0 aliphatic rings. The van der Waals surface area contributed by atoms with Crippen molar-refractivity contribution >= 4 is 5.91 Å². The number of phenols is 2. The molecular formula is C16H17NO3. The van der Waals surface area contributed by atoms with Gasteiger partial charge in [-0.05, 0) is 30.2 Å². The Labute approximate surface area is 117 Å². The molecule has 1 amide bonds. The summed E-state index contributed by atoms with van der Waals surface area (Å²) >= 11 is 0. The Balaban J connectivity index is 2.03. The van der Waals surface area contributed by atoms with Gasteiger partial charge in [0.2, 0.25) is 0 Å². The van der Waals surface area contributed by atoms with Crippen molar-refractivity contribution in [2.75, 3.05) is 13.6 Å². The molecule has 0 radical (unpaired) electrons. The lowest BCUT2D eigenvalue weighted by atomic mass is 10.1. The summed E-state index contributed by atoms with van der Waals surface area (Å²) in [7, 11) is 1.68. The van der Waals surface area contributed by atoms with E-state index >= 15 is 0 Å². The lowest BCUT2D eigenvalue weighted by molar-refractivity contribution is 0.0793. The smallest absolute Gasteiger partial charge is 0.257 e. The number of amides is 1. The molecule has 0 spiro atoms. The maximum Gasteiger partial charge on any atom is 0.257 e. The van der Waals surface area contributed by atoms with E-state index in [1.165, 1.54) is 23.1 Å². The fourth-order valence-corrected chi connectivity index (χ4v) is 1.94. The van der Waals surface area contributed by atoms with E-state index in [1.807, 2.05) is 30.3 Å². The Hall–Kier alpha value is -2.49. The topological polar surface area (TPSA) is 60.8 Å². The normalized spacial score (nSPS) is 10.2. The highest BCUT2D eigenvalue weighted by Crippen LogP contribution is 2.23. The highest BCUT2D eigenvalue weighted by molar-refractivity contribution is 5.97. The second kappa shape index (κ2) is 6.10. The van der Waals surface area contributed by atoms with Gasteiger partial charge in [-0.2, -0.15) is 0 Å². The number of likely N-dealkylation sites (N-methyl/N-ethyl adjacent to an activating group) is 1. The van der Waals surface area contributed by atoms with Crippen molar-refractivity contribution in [3.8, 4) is 11.5 Å². The average Bonchev–Trinajstić information content (AvgIpc) is 2.47. The van der Waals surface area contributed by atoms with Crippen LogP contribution in [0.2, 0.25) is 0 Å². The molecule has 2 rings (SSSR count). The zero-order valence-electron chi connectivity index (χ0n) is 11.3. The zero-order chi connectivity index (χ0) is 14.5. The summed E-state index contributed by atoms with van der Waals surface area (Å²) in [5.74, 6) is -0.476. The lowest BCUT2D eigenvalue weighted by Gasteiger charge is -2.18. The van der Waals surface area contributed by atoms with Gasteiger partial charge in [-0.1, -0.05) is 30.3 Å². The van der Waals surface area contributed by atoms with Gasteiger partial charge in [0.25, 0.3) is 5.91 Å². The van der Waals surface area contributed by atoms with Crippen molar-refractivity contribution in [1.29, 1.82) is 0 Å². The molecule has 4 nitrogen and oxygen atoms in total. The van der Waals surface area contributed by atoms with Gasteiger partial charge in [0, 0.05) is 13.6 Å². The second-order valence-electron chi connectivity index (χ2n) is 4.66. The van der Waals surface area contributed by atoms with E-state index in [1.54, 1.807) is 7.05 Å². The van der Waals surface area contributed by atoms with Gasteiger partial charge in [-0.15, -0.1) is 0 Å². The molecule has 0 atom stereocenters. The van der Waals surface area contributed by atoms with Gasteiger partial charge in [-0.3, -0.25) is 4.79 Å². The second-order valence-corrected chi connectivity index (χ2v) is 4.66. The lowest BCUT2D eigenvalue weighted by Crippen LogP contribution is -2.28. The molecule has 2 aromatic rings. The molecule has 0 aromatic heterocycles. The molecule has 0 fully saturated rings. The molecule has 0 saturated heterocycles. The molecule has 0 saturated carbocycles. The van der Waals surface area contributed by atoms with Crippen LogP contribution in [0.4, 0.5) is 0 Å². The van der Waals surface area contributed by atoms with Crippen LogP contribution in [0.5, 0.6) is 11.5 Å². The summed E-state index contributed by atoms with van der Waals surface area (Å²) in [6, 6.07) is 13.8.